The van der Waals surface area contributed by atoms with E-state index in [1.54, 1.807) is 7.05 Å². The van der Waals surface area contributed by atoms with E-state index in [1.165, 1.54) is 32.1 Å². The maximum atomic E-state index is 11.2. The first kappa shape index (κ1) is 12.4. The summed E-state index contributed by atoms with van der Waals surface area (Å²) in [5.41, 5.74) is 13.6. The summed E-state index contributed by atoms with van der Waals surface area (Å²) in [6, 6.07) is -0.277. The summed E-state index contributed by atoms with van der Waals surface area (Å²) in [6.45, 7) is 0. The largest absolute Gasteiger partial charge is 0.368 e. The molecule has 88 valence electrons. The van der Waals surface area contributed by atoms with Crippen molar-refractivity contribution in [2.75, 3.05) is 7.05 Å². The van der Waals surface area contributed by atoms with Crippen LogP contribution in [0.5, 0.6) is 0 Å². The third-order valence-electron chi connectivity index (χ3n) is 3.01. The highest BCUT2D eigenvalue weighted by Gasteiger charge is 2.21. The predicted molar refractivity (Wildman–Crippen MR) is 59.5 cm³/mol. The lowest BCUT2D eigenvalue weighted by molar-refractivity contribution is -0.120. The van der Waals surface area contributed by atoms with E-state index in [9.17, 15) is 4.79 Å². The molecule has 1 aliphatic carbocycles. The minimum Gasteiger partial charge on any atom is -0.368 e. The molecule has 5 N–H and O–H groups in total. The average molecular weight is 214 g/mol. The molecule has 0 heterocycles. The Hall–Kier alpha value is -0.650. The Morgan fingerprint density at radius 1 is 1.40 bits per heavy atom. The Morgan fingerprint density at radius 3 is 2.60 bits per heavy atom. The highest BCUT2D eigenvalue weighted by molar-refractivity contribution is 5.79. The number of hydrogen-bond acceptors (Lipinski definition) is 4. The molecule has 1 saturated carbocycles. The van der Waals surface area contributed by atoms with Crippen molar-refractivity contribution in [1.29, 1.82) is 0 Å². The minimum absolute atomic E-state index is 0.277. The summed E-state index contributed by atoms with van der Waals surface area (Å²) in [5.74, 6) is 0.353. The molecule has 1 rings (SSSR count). The molecule has 1 amide bonds. The number of nitrogens with two attached hydrogens (primary N) is 1. The first-order valence-electron chi connectivity index (χ1n) is 5.70. The summed E-state index contributed by atoms with van der Waals surface area (Å²) in [6.07, 6.45) is 7.20. The molecule has 0 saturated heterocycles. The Kier molecular flexibility index (Phi) is 5.60. The Bertz CT molecular complexity index is 192. The molecule has 0 aromatic carbocycles. The van der Waals surface area contributed by atoms with Crippen molar-refractivity contribution in [2.45, 2.75) is 44.6 Å². The van der Waals surface area contributed by atoms with Crippen molar-refractivity contribution >= 4 is 5.91 Å². The number of hydrogen-bond donors (Lipinski definition) is 4. The van der Waals surface area contributed by atoms with E-state index in [-0.39, 0.29) is 11.9 Å². The normalized spacial score (nSPS) is 20.1. The fraction of sp³-hybridized carbons (Fsp3) is 0.900. The van der Waals surface area contributed by atoms with E-state index in [1.807, 2.05) is 0 Å². The van der Waals surface area contributed by atoms with Gasteiger partial charge in [0.25, 0.3) is 0 Å². The third kappa shape index (κ3) is 4.59. The highest BCUT2D eigenvalue weighted by atomic mass is 16.1. The van der Waals surface area contributed by atoms with Crippen molar-refractivity contribution in [3.8, 4) is 0 Å². The van der Waals surface area contributed by atoms with E-state index in [4.69, 9.17) is 5.73 Å². The molecular weight excluding hydrogens is 192 g/mol. The van der Waals surface area contributed by atoms with E-state index in [0.717, 1.165) is 6.42 Å². The molecular formula is C10H22N4O. The fourth-order valence-electron chi connectivity index (χ4n) is 2.16. The first-order valence-corrected chi connectivity index (χ1v) is 5.70. The monoisotopic (exact) mass is 214 g/mol. The number of amides is 1. The van der Waals surface area contributed by atoms with Crippen LogP contribution in [0.3, 0.4) is 0 Å². The van der Waals surface area contributed by atoms with Crippen LogP contribution in [0.15, 0.2) is 0 Å². The van der Waals surface area contributed by atoms with Crippen LogP contribution in [0.4, 0.5) is 0 Å². The molecule has 1 fully saturated rings. The predicted octanol–water partition coefficient (Wildman–Crippen LogP) is 0.0393. The van der Waals surface area contributed by atoms with Crippen LogP contribution in [0.2, 0.25) is 0 Å². The summed E-state index contributed by atoms with van der Waals surface area (Å²) >= 11 is 0. The van der Waals surface area contributed by atoms with Crippen LogP contribution in [0.1, 0.15) is 38.5 Å². The van der Waals surface area contributed by atoms with Gasteiger partial charge in [0.05, 0.1) is 0 Å². The second kappa shape index (κ2) is 6.76. The van der Waals surface area contributed by atoms with Crippen LogP contribution in [-0.4, -0.2) is 19.0 Å². The van der Waals surface area contributed by atoms with Gasteiger partial charge in [-0.15, -0.1) is 0 Å². The molecule has 0 radical (unpaired) electrons. The van der Waals surface area contributed by atoms with Gasteiger partial charge in [-0.2, -0.15) is 5.53 Å². The molecule has 0 unspecified atom stereocenters. The van der Waals surface area contributed by atoms with E-state index in [0.29, 0.717) is 5.92 Å². The standard InChI is InChI=1S/C10H22N4O/c1-12-14-13-9(10(11)15)7-8-5-3-2-4-6-8/h8-9,12-14H,2-7H2,1H3,(H2,11,15)/t9-/m0/s1. The summed E-state index contributed by atoms with van der Waals surface area (Å²) < 4.78 is 0. The number of carbonyl (C=O) groups is 1. The van der Waals surface area contributed by atoms with Crippen LogP contribution in [-0.2, 0) is 4.79 Å². The van der Waals surface area contributed by atoms with Crippen LogP contribution >= 0.6 is 0 Å². The van der Waals surface area contributed by atoms with Gasteiger partial charge >= 0.3 is 0 Å². The SMILES string of the molecule is CNNN[C@@H](CC1CCCCC1)C(N)=O. The second-order valence-electron chi connectivity index (χ2n) is 4.21. The van der Waals surface area contributed by atoms with Gasteiger partial charge < -0.3 is 5.73 Å². The molecule has 0 aliphatic heterocycles. The van der Waals surface area contributed by atoms with Gasteiger partial charge in [-0.3, -0.25) is 4.79 Å². The Labute approximate surface area is 91.1 Å². The van der Waals surface area contributed by atoms with Gasteiger partial charge in [0.1, 0.15) is 6.04 Å². The third-order valence-corrected chi connectivity index (χ3v) is 3.01. The molecule has 0 aromatic heterocycles. The van der Waals surface area contributed by atoms with Gasteiger partial charge in [-0.1, -0.05) is 32.1 Å². The fourth-order valence-corrected chi connectivity index (χ4v) is 2.16. The number of nitrogens with one attached hydrogen (secondary N) is 3. The summed E-state index contributed by atoms with van der Waals surface area (Å²) in [4.78, 5) is 11.2. The molecule has 0 spiro atoms. The minimum atomic E-state index is -0.289. The van der Waals surface area contributed by atoms with E-state index >= 15 is 0 Å². The molecule has 1 atom stereocenters. The smallest absolute Gasteiger partial charge is 0.235 e. The number of rotatable bonds is 6. The van der Waals surface area contributed by atoms with Crippen LogP contribution in [0.25, 0.3) is 0 Å². The number of carbonyl (C=O) groups excluding carboxylic acids is 1. The maximum absolute atomic E-state index is 11.2. The molecule has 0 bridgehead atoms. The molecule has 5 heteroatoms. The zero-order chi connectivity index (χ0) is 11.1. The molecule has 1 aliphatic rings. The van der Waals surface area contributed by atoms with E-state index < -0.39 is 0 Å². The Morgan fingerprint density at radius 2 is 2.07 bits per heavy atom. The Balaban J connectivity index is 2.31. The van der Waals surface area contributed by atoms with Crippen LogP contribution in [0, 0.1) is 5.92 Å². The molecule has 15 heavy (non-hydrogen) atoms. The summed E-state index contributed by atoms with van der Waals surface area (Å²) in [5, 5.41) is 0. The van der Waals surface area contributed by atoms with E-state index in [2.05, 4.69) is 16.4 Å². The van der Waals surface area contributed by atoms with Crippen LogP contribution < -0.4 is 22.1 Å². The second-order valence-corrected chi connectivity index (χ2v) is 4.21. The zero-order valence-electron chi connectivity index (χ0n) is 9.38. The van der Waals surface area contributed by atoms with Crippen molar-refractivity contribution < 1.29 is 4.79 Å². The maximum Gasteiger partial charge on any atom is 0.235 e. The average Bonchev–Trinajstić information content (AvgIpc) is 2.25. The lowest BCUT2D eigenvalue weighted by atomic mass is 9.85. The summed E-state index contributed by atoms with van der Waals surface area (Å²) in [7, 11) is 1.74. The van der Waals surface area contributed by atoms with Gasteiger partial charge in [0.2, 0.25) is 5.91 Å². The van der Waals surface area contributed by atoms with Crippen molar-refractivity contribution in [1.82, 2.24) is 16.4 Å². The highest BCUT2D eigenvalue weighted by Crippen LogP contribution is 2.27. The first-order chi connectivity index (χ1) is 7.24. The zero-order valence-corrected chi connectivity index (χ0v) is 9.38. The molecule has 5 nitrogen and oxygen atoms in total. The number of hydrazine groups is 2. The quantitative estimate of drug-likeness (QED) is 0.471. The van der Waals surface area contributed by atoms with Crippen molar-refractivity contribution in [3.63, 3.8) is 0 Å². The van der Waals surface area contributed by atoms with Crippen molar-refractivity contribution in [2.24, 2.45) is 11.7 Å². The molecule has 0 aromatic rings. The van der Waals surface area contributed by atoms with Gasteiger partial charge in [0.15, 0.2) is 0 Å². The van der Waals surface area contributed by atoms with Gasteiger partial charge in [-0.25, -0.2) is 10.9 Å². The topological polar surface area (TPSA) is 79.2 Å². The van der Waals surface area contributed by atoms with Crippen molar-refractivity contribution in [3.05, 3.63) is 0 Å². The number of primary amides is 1. The lowest BCUT2D eigenvalue weighted by Crippen LogP contribution is -2.53. The lowest BCUT2D eigenvalue weighted by Gasteiger charge is -2.25. The van der Waals surface area contributed by atoms with Gasteiger partial charge in [0, 0.05) is 0 Å². The van der Waals surface area contributed by atoms with Gasteiger partial charge in [-0.05, 0) is 19.4 Å².